The van der Waals surface area contributed by atoms with Gasteiger partial charge in [0.15, 0.2) is 5.60 Å². The van der Waals surface area contributed by atoms with E-state index in [-0.39, 0.29) is 18.1 Å². The highest BCUT2D eigenvalue weighted by molar-refractivity contribution is 6.31. The molecule has 0 bridgehead atoms. The second kappa shape index (κ2) is 5.19. The van der Waals surface area contributed by atoms with Gasteiger partial charge in [0.05, 0.1) is 5.69 Å². The van der Waals surface area contributed by atoms with E-state index in [9.17, 15) is 14.7 Å². The van der Waals surface area contributed by atoms with Gasteiger partial charge in [-0.2, -0.15) is 0 Å². The Hall–Kier alpha value is -1.39. The van der Waals surface area contributed by atoms with Crippen molar-refractivity contribution in [2.45, 2.75) is 32.8 Å². The monoisotopic (exact) mass is 295 g/mol. The first-order chi connectivity index (χ1) is 9.25. The van der Waals surface area contributed by atoms with E-state index in [2.05, 4.69) is 0 Å². The molecule has 1 heterocycles. The molecule has 108 valence electrons. The summed E-state index contributed by atoms with van der Waals surface area (Å²) in [5.41, 5.74) is -0.733. The standard InChI is InChI=1S/C15H18ClNO3/c1-9(2)8-17-13-5-4-11(16)6-12(13)15(20,14(17)19)7-10(3)18/h4-6,9,20H,7-8H2,1-3H3. The van der Waals surface area contributed by atoms with Gasteiger partial charge in [-0.05, 0) is 31.0 Å². The van der Waals surface area contributed by atoms with Crippen LogP contribution in [0.2, 0.25) is 5.02 Å². The van der Waals surface area contributed by atoms with Crippen molar-refractivity contribution in [3.05, 3.63) is 28.8 Å². The molecule has 1 atom stereocenters. The van der Waals surface area contributed by atoms with E-state index in [1.165, 1.54) is 6.92 Å². The number of benzene rings is 1. The van der Waals surface area contributed by atoms with Gasteiger partial charge in [-0.15, -0.1) is 0 Å². The van der Waals surface area contributed by atoms with Crippen molar-refractivity contribution in [2.75, 3.05) is 11.4 Å². The van der Waals surface area contributed by atoms with Crippen LogP contribution in [-0.2, 0) is 15.2 Å². The van der Waals surface area contributed by atoms with Gasteiger partial charge >= 0.3 is 0 Å². The number of amides is 1. The number of carbonyl (C=O) groups is 2. The minimum atomic E-state index is -1.79. The highest BCUT2D eigenvalue weighted by Crippen LogP contribution is 2.43. The minimum absolute atomic E-state index is 0.228. The zero-order chi connectivity index (χ0) is 15.1. The SMILES string of the molecule is CC(=O)CC1(O)C(=O)N(CC(C)C)c2ccc(Cl)cc21. The number of Topliss-reactive ketones (excluding diaryl/α,β-unsaturated/α-hetero) is 1. The molecule has 0 spiro atoms. The van der Waals surface area contributed by atoms with Crippen molar-refractivity contribution in [1.29, 1.82) is 0 Å². The summed E-state index contributed by atoms with van der Waals surface area (Å²) in [5.74, 6) is -0.431. The minimum Gasteiger partial charge on any atom is -0.375 e. The van der Waals surface area contributed by atoms with Crippen molar-refractivity contribution in [2.24, 2.45) is 5.92 Å². The number of nitrogens with zero attached hydrogens (tertiary/aromatic N) is 1. The number of aliphatic hydroxyl groups is 1. The van der Waals surface area contributed by atoms with E-state index in [1.807, 2.05) is 13.8 Å². The number of hydrogen-bond acceptors (Lipinski definition) is 3. The lowest BCUT2D eigenvalue weighted by molar-refractivity contribution is -0.141. The van der Waals surface area contributed by atoms with Crippen LogP contribution in [-0.4, -0.2) is 23.3 Å². The van der Waals surface area contributed by atoms with Gasteiger partial charge in [-0.25, -0.2) is 0 Å². The third-order valence-electron chi connectivity index (χ3n) is 3.35. The third-order valence-corrected chi connectivity index (χ3v) is 3.58. The maximum Gasteiger partial charge on any atom is 0.264 e. The lowest BCUT2D eigenvalue weighted by atomic mass is 9.90. The van der Waals surface area contributed by atoms with Gasteiger partial charge in [0, 0.05) is 23.6 Å². The van der Waals surface area contributed by atoms with Gasteiger partial charge < -0.3 is 10.0 Å². The average molecular weight is 296 g/mol. The molecular weight excluding hydrogens is 278 g/mol. The summed E-state index contributed by atoms with van der Waals surface area (Å²) >= 11 is 5.96. The Kier molecular flexibility index (Phi) is 3.89. The van der Waals surface area contributed by atoms with Crippen molar-refractivity contribution in [3.8, 4) is 0 Å². The molecule has 1 unspecified atom stereocenters. The van der Waals surface area contributed by atoms with Crippen LogP contribution in [0.3, 0.4) is 0 Å². The van der Waals surface area contributed by atoms with Crippen LogP contribution in [0, 0.1) is 5.92 Å². The lowest BCUT2D eigenvalue weighted by Gasteiger charge is -2.23. The molecule has 1 aliphatic heterocycles. The Labute approximate surface area is 123 Å². The first-order valence-electron chi connectivity index (χ1n) is 6.59. The molecule has 0 aromatic heterocycles. The molecule has 0 aliphatic carbocycles. The average Bonchev–Trinajstić information content (AvgIpc) is 2.50. The van der Waals surface area contributed by atoms with Crippen LogP contribution in [0.15, 0.2) is 18.2 Å². The molecule has 0 fully saturated rings. The number of anilines is 1. The molecule has 1 aliphatic rings. The van der Waals surface area contributed by atoms with Crippen LogP contribution in [0.1, 0.15) is 32.8 Å². The van der Waals surface area contributed by atoms with Crippen molar-refractivity contribution in [3.63, 3.8) is 0 Å². The van der Waals surface area contributed by atoms with E-state index in [0.29, 0.717) is 22.8 Å². The Morgan fingerprint density at radius 3 is 2.65 bits per heavy atom. The highest BCUT2D eigenvalue weighted by Gasteiger charge is 2.50. The normalized spacial score (nSPS) is 21.5. The van der Waals surface area contributed by atoms with E-state index in [0.717, 1.165) is 0 Å². The summed E-state index contributed by atoms with van der Waals surface area (Å²) in [6.45, 7) is 5.84. The number of ketones is 1. The van der Waals surface area contributed by atoms with Crippen LogP contribution in [0.5, 0.6) is 0 Å². The molecule has 4 nitrogen and oxygen atoms in total. The first-order valence-corrected chi connectivity index (χ1v) is 6.97. The Morgan fingerprint density at radius 2 is 2.10 bits per heavy atom. The van der Waals surface area contributed by atoms with Crippen LogP contribution < -0.4 is 4.90 Å². The number of halogens is 1. The van der Waals surface area contributed by atoms with Crippen LogP contribution in [0.4, 0.5) is 5.69 Å². The van der Waals surface area contributed by atoms with Gasteiger partial charge in [0.25, 0.3) is 5.91 Å². The Morgan fingerprint density at radius 1 is 1.45 bits per heavy atom. The Bertz CT molecular complexity index is 570. The van der Waals surface area contributed by atoms with E-state index >= 15 is 0 Å². The summed E-state index contributed by atoms with van der Waals surface area (Å²) in [6, 6.07) is 4.97. The number of carbonyl (C=O) groups excluding carboxylic acids is 2. The second-order valence-corrected chi connectivity index (χ2v) is 6.15. The molecule has 0 saturated heterocycles. The van der Waals surface area contributed by atoms with Gasteiger partial charge in [-0.1, -0.05) is 25.4 Å². The number of fused-ring (bicyclic) bond motifs is 1. The first kappa shape index (κ1) is 15.0. The largest absolute Gasteiger partial charge is 0.375 e. The second-order valence-electron chi connectivity index (χ2n) is 5.71. The summed E-state index contributed by atoms with van der Waals surface area (Å²) in [5, 5.41) is 11.2. The summed E-state index contributed by atoms with van der Waals surface area (Å²) in [6.07, 6.45) is -0.228. The maximum atomic E-state index is 12.5. The summed E-state index contributed by atoms with van der Waals surface area (Å²) < 4.78 is 0. The van der Waals surface area contributed by atoms with Crippen molar-refractivity contribution < 1.29 is 14.7 Å². The molecule has 1 aromatic rings. The highest BCUT2D eigenvalue weighted by atomic mass is 35.5. The van der Waals surface area contributed by atoms with E-state index in [1.54, 1.807) is 23.1 Å². The maximum absolute atomic E-state index is 12.5. The lowest BCUT2D eigenvalue weighted by Crippen LogP contribution is -2.42. The topological polar surface area (TPSA) is 57.6 Å². The van der Waals surface area contributed by atoms with Gasteiger partial charge in [0.2, 0.25) is 0 Å². The molecular formula is C15H18ClNO3. The molecule has 20 heavy (non-hydrogen) atoms. The fourth-order valence-corrected chi connectivity index (χ4v) is 2.77. The van der Waals surface area contributed by atoms with Gasteiger partial charge in [-0.3, -0.25) is 9.59 Å². The van der Waals surface area contributed by atoms with E-state index in [4.69, 9.17) is 11.6 Å². The predicted octanol–water partition coefficient (Wildman–Crippen LogP) is 2.51. The van der Waals surface area contributed by atoms with Crippen LogP contribution in [0.25, 0.3) is 0 Å². The molecule has 1 amide bonds. The van der Waals surface area contributed by atoms with Gasteiger partial charge in [0.1, 0.15) is 5.78 Å². The molecule has 1 N–H and O–H groups in total. The molecule has 0 saturated carbocycles. The molecule has 2 rings (SSSR count). The number of hydrogen-bond donors (Lipinski definition) is 1. The number of rotatable bonds is 4. The zero-order valence-electron chi connectivity index (χ0n) is 11.8. The molecule has 0 radical (unpaired) electrons. The molecule has 5 heteroatoms. The quantitative estimate of drug-likeness (QED) is 0.928. The Balaban J connectivity index is 2.54. The fraction of sp³-hybridized carbons (Fsp3) is 0.467. The smallest absolute Gasteiger partial charge is 0.264 e. The van der Waals surface area contributed by atoms with Crippen LogP contribution >= 0.6 is 11.6 Å². The van der Waals surface area contributed by atoms with Crippen molar-refractivity contribution in [1.82, 2.24) is 0 Å². The fourth-order valence-electron chi connectivity index (χ4n) is 2.60. The zero-order valence-corrected chi connectivity index (χ0v) is 12.6. The molecule has 1 aromatic carbocycles. The summed E-state index contributed by atoms with van der Waals surface area (Å²) in [4.78, 5) is 25.5. The van der Waals surface area contributed by atoms with Crippen molar-refractivity contribution >= 4 is 29.0 Å². The third kappa shape index (κ3) is 2.45. The predicted molar refractivity (Wildman–Crippen MR) is 77.8 cm³/mol. The van der Waals surface area contributed by atoms with E-state index < -0.39 is 11.5 Å². The summed E-state index contributed by atoms with van der Waals surface area (Å²) in [7, 11) is 0.